The highest BCUT2D eigenvalue weighted by atomic mass is 32.2. The Balaban J connectivity index is 1.95. The Kier molecular flexibility index (Phi) is 5.27. The molecule has 1 aromatic carbocycles. The summed E-state index contributed by atoms with van der Waals surface area (Å²) < 4.78 is 22.7. The molecule has 0 bridgehead atoms. The van der Waals surface area contributed by atoms with E-state index in [1.165, 1.54) is 17.4 Å². The summed E-state index contributed by atoms with van der Waals surface area (Å²) in [7, 11) is -3.11. The van der Waals surface area contributed by atoms with Gasteiger partial charge in [0.1, 0.15) is 9.84 Å². The maximum absolute atomic E-state index is 12.3. The molecule has 1 aliphatic heterocycles. The molecule has 0 radical (unpaired) electrons. The lowest BCUT2D eigenvalue weighted by Gasteiger charge is -2.34. The summed E-state index contributed by atoms with van der Waals surface area (Å²) in [5, 5.41) is 0. The van der Waals surface area contributed by atoms with Crippen molar-refractivity contribution in [1.82, 2.24) is 4.90 Å². The van der Waals surface area contributed by atoms with Crippen LogP contribution in [0, 0.1) is 12.8 Å². The van der Waals surface area contributed by atoms with Crippen LogP contribution in [0.1, 0.15) is 36.8 Å². The van der Waals surface area contributed by atoms with Crippen LogP contribution in [0.3, 0.4) is 0 Å². The van der Waals surface area contributed by atoms with Crippen molar-refractivity contribution in [3.8, 4) is 0 Å². The average molecular weight is 323 g/mol. The topological polar surface area (TPSA) is 54.5 Å². The van der Waals surface area contributed by atoms with Crippen molar-refractivity contribution in [1.29, 1.82) is 0 Å². The maximum Gasteiger partial charge on any atom is 0.226 e. The molecule has 22 heavy (non-hydrogen) atoms. The summed E-state index contributed by atoms with van der Waals surface area (Å²) in [6.45, 7) is 5.26. The smallest absolute Gasteiger partial charge is 0.226 e. The Morgan fingerprint density at radius 2 is 1.86 bits per heavy atom. The van der Waals surface area contributed by atoms with Crippen molar-refractivity contribution in [2.75, 3.05) is 25.1 Å². The SMILES string of the molecule is Cc1ccccc1C1CCN(C(=O)C(C)CS(C)(=O)=O)CC1. The minimum Gasteiger partial charge on any atom is -0.342 e. The van der Waals surface area contributed by atoms with Gasteiger partial charge in [-0.05, 0) is 36.8 Å². The second-order valence-electron chi connectivity index (χ2n) is 6.45. The molecular formula is C17H25NO3S. The summed E-state index contributed by atoms with van der Waals surface area (Å²) in [6, 6.07) is 8.41. The van der Waals surface area contributed by atoms with Crippen LogP contribution in [0.5, 0.6) is 0 Å². The van der Waals surface area contributed by atoms with Gasteiger partial charge in [0.2, 0.25) is 5.91 Å². The highest BCUT2D eigenvalue weighted by Gasteiger charge is 2.28. The Labute approximate surface area is 133 Å². The lowest BCUT2D eigenvalue weighted by Crippen LogP contribution is -2.42. The first-order valence-electron chi connectivity index (χ1n) is 7.80. The van der Waals surface area contributed by atoms with E-state index in [1.54, 1.807) is 6.92 Å². The minimum atomic E-state index is -3.11. The number of likely N-dealkylation sites (tertiary alicyclic amines) is 1. The van der Waals surface area contributed by atoms with Gasteiger partial charge in [0.05, 0.1) is 5.75 Å². The fraction of sp³-hybridized carbons (Fsp3) is 0.588. The van der Waals surface area contributed by atoms with Crippen molar-refractivity contribution in [3.63, 3.8) is 0 Å². The molecule has 1 unspecified atom stereocenters. The lowest BCUT2D eigenvalue weighted by atomic mass is 9.86. The van der Waals surface area contributed by atoms with Crippen molar-refractivity contribution in [2.45, 2.75) is 32.6 Å². The van der Waals surface area contributed by atoms with E-state index in [0.717, 1.165) is 12.8 Å². The second kappa shape index (κ2) is 6.82. The Morgan fingerprint density at radius 3 is 2.41 bits per heavy atom. The summed E-state index contributed by atoms with van der Waals surface area (Å²) in [6.07, 6.45) is 3.07. The van der Waals surface area contributed by atoms with E-state index in [-0.39, 0.29) is 11.7 Å². The number of sulfone groups is 1. The fourth-order valence-electron chi connectivity index (χ4n) is 3.29. The molecule has 1 aliphatic rings. The van der Waals surface area contributed by atoms with Gasteiger partial charge < -0.3 is 4.90 Å². The third-order valence-corrected chi connectivity index (χ3v) is 5.51. The zero-order valence-electron chi connectivity index (χ0n) is 13.6. The number of piperidine rings is 1. The molecule has 4 nitrogen and oxygen atoms in total. The van der Waals surface area contributed by atoms with Crippen molar-refractivity contribution >= 4 is 15.7 Å². The van der Waals surface area contributed by atoms with Gasteiger partial charge in [-0.15, -0.1) is 0 Å². The Morgan fingerprint density at radius 1 is 1.27 bits per heavy atom. The molecule has 5 heteroatoms. The monoisotopic (exact) mass is 323 g/mol. The van der Waals surface area contributed by atoms with Crippen molar-refractivity contribution in [2.24, 2.45) is 5.92 Å². The van der Waals surface area contributed by atoms with Gasteiger partial charge in [-0.25, -0.2) is 8.42 Å². The van der Waals surface area contributed by atoms with E-state index in [2.05, 4.69) is 25.1 Å². The van der Waals surface area contributed by atoms with Crippen LogP contribution < -0.4 is 0 Å². The predicted octanol–water partition coefficient (Wildman–Crippen LogP) is 2.38. The number of nitrogens with zero attached hydrogens (tertiary/aromatic N) is 1. The standard InChI is InChI=1S/C17H25NO3S/c1-13-6-4-5-7-16(13)15-8-10-18(11-9-15)17(19)14(2)12-22(3,20)21/h4-7,14-15H,8-12H2,1-3H3. The molecule has 0 aromatic heterocycles. The lowest BCUT2D eigenvalue weighted by molar-refractivity contribution is -0.135. The first-order chi connectivity index (χ1) is 10.3. The van der Waals surface area contributed by atoms with Crippen LogP contribution in [-0.4, -0.2) is 44.3 Å². The number of rotatable bonds is 4. The van der Waals surface area contributed by atoms with Crippen LogP contribution in [0.15, 0.2) is 24.3 Å². The van der Waals surface area contributed by atoms with Gasteiger partial charge in [0.15, 0.2) is 0 Å². The van der Waals surface area contributed by atoms with Gasteiger partial charge in [-0.1, -0.05) is 31.2 Å². The number of carbonyl (C=O) groups is 1. The number of aryl methyl sites for hydroxylation is 1. The van der Waals surface area contributed by atoms with Crippen LogP contribution in [0.25, 0.3) is 0 Å². The molecular weight excluding hydrogens is 298 g/mol. The molecule has 1 amide bonds. The molecule has 1 saturated heterocycles. The molecule has 1 atom stereocenters. The van der Waals surface area contributed by atoms with E-state index >= 15 is 0 Å². The molecule has 0 N–H and O–H groups in total. The third-order valence-electron chi connectivity index (χ3n) is 4.41. The van der Waals surface area contributed by atoms with Crippen LogP contribution in [-0.2, 0) is 14.6 Å². The van der Waals surface area contributed by atoms with Gasteiger partial charge in [0.25, 0.3) is 0 Å². The highest BCUT2D eigenvalue weighted by molar-refractivity contribution is 7.90. The molecule has 1 aromatic rings. The minimum absolute atomic E-state index is 0.0336. The van der Waals surface area contributed by atoms with E-state index in [1.807, 2.05) is 11.0 Å². The van der Waals surface area contributed by atoms with Crippen LogP contribution in [0.2, 0.25) is 0 Å². The van der Waals surface area contributed by atoms with E-state index in [4.69, 9.17) is 0 Å². The second-order valence-corrected chi connectivity index (χ2v) is 8.63. The summed E-state index contributed by atoms with van der Waals surface area (Å²) in [4.78, 5) is 14.2. The van der Waals surface area contributed by atoms with Crippen molar-refractivity contribution < 1.29 is 13.2 Å². The number of hydrogen-bond donors (Lipinski definition) is 0. The Hall–Kier alpha value is -1.36. The number of carbonyl (C=O) groups excluding carboxylic acids is 1. The summed E-state index contributed by atoms with van der Waals surface area (Å²) >= 11 is 0. The van der Waals surface area contributed by atoms with Crippen LogP contribution in [0.4, 0.5) is 0 Å². The molecule has 0 saturated carbocycles. The third kappa shape index (κ3) is 4.32. The molecule has 1 heterocycles. The number of amides is 1. The largest absolute Gasteiger partial charge is 0.342 e. The molecule has 2 rings (SSSR count). The quantitative estimate of drug-likeness (QED) is 0.855. The zero-order chi connectivity index (χ0) is 16.3. The van der Waals surface area contributed by atoms with Crippen molar-refractivity contribution in [3.05, 3.63) is 35.4 Å². The molecule has 0 spiro atoms. The Bertz CT molecular complexity index is 631. The number of benzene rings is 1. The van der Waals surface area contributed by atoms with Gasteiger partial charge >= 0.3 is 0 Å². The van der Waals surface area contributed by atoms with Gasteiger partial charge in [0, 0.05) is 25.3 Å². The average Bonchev–Trinajstić information content (AvgIpc) is 2.45. The predicted molar refractivity (Wildman–Crippen MR) is 88.6 cm³/mol. The highest BCUT2D eigenvalue weighted by Crippen LogP contribution is 2.30. The molecule has 1 fully saturated rings. The molecule has 122 valence electrons. The first-order valence-corrected chi connectivity index (χ1v) is 9.86. The molecule has 0 aliphatic carbocycles. The maximum atomic E-state index is 12.3. The zero-order valence-corrected chi connectivity index (χ0v) is 14.4. The first kappa shape index (κ1) is 17.0. The van der Waals surface area contributed by atoms with Gasteiger partial charge in [-0.3, -0.25) is 4.79 Å². The van der Waals surface area contributed by atoms with Crippen LogP contribution >= 0.6 is 0 Å². The normalized spacial score (nSPS) is 18.2. The van der Waals surface area contributed by atoms with E-state index in [9.17, 15) is 13.2 Å². The summed E-state index contributed by atoms with van der Waals surface area (Å²) in [5.41, 5.74) is 2.68. The van der Waals surface area contributed by atoms with E-state index in [0.29, 0.717) is 19.0 Å². The van der Waals surface area contributed by atoms with E-state index < -0.39 is 15.8 Å². The number of hydrogen-bond acceptors (Lipinski definition) is 3. The van der Waals surface area contributed by atoms with Gasteiger partial charge in [-0.2, -0.15) is 0 Å². The fourth-order valence-corrected chi connectivity index (χ4v) is 4.34. The summed E-state index contributed by atoms with van der Waals surface area (Å²) in [5.74, 6) is -0.0575.